The maximum atomic E-state index is 11.5. The Hall–Kier alpha value is -1.31. The summed E-state index contributed by atoms with van der Waals surface area (Å²) in [6.07, 6.45) is 0.558. The monoisotopic (exact) mass is 177 g/mol. The van der Waals surface area contributed by atoms with Gasteiger partial charge in [-0.1, -0.05) is 25.1 Å². The second-order valence-electron chi connectivity index (χ2n) is 2.83. The molecule has 0 heterocycles. The van der Waals surface area contributed by atoms with Crippen LogP contribution in [0.5, 0.6) is 0 Å². The van der Waals surface area contributed by atoms with Crippen molar-refractivity contribution in [3.63, 3.8) is 0 Å². The Labute approximate surface area is 79.2 Å². The van der Waals surface area contributed by atoms with Gasteiger partial charge in [-0.15, -0.1) is 0 Å². The van der Waals surface area contributed by atoms with Gasteiger partial charge in [0.15, 0.2) is 0 Å². The van der Waals surface area contributed by atoms with Crippen LogP contribution in [-0.4, -0.2) is 12.5 Å². The van der Waals surface area contributed by atoms with E-state index in [-0.39, 0.29) is 5.91 Å². The van der Waals surface area contributed by atoms with Gasteiger partial charge in [-0.25, -0.2) is 0 Å². The Morgan fingerprint density at radius 1 is 1.23 bits per heavy atom. The van der Waals surface area contributed by atoms with Crippen molar-refractivity contribution < 1.29 is 4.79 Å². The average molecular weight is 177 g/mol. The molecule has 2 heteroatoms. The standard InChI is InChI=1S/C11H15NO/c1-3-11(13)12(4-2)10-8-6-5-7-9-10/h5-9H,3-4H2,1-2H3. The summed E-state index contributed by atoms with van der Waals surface area (Å²) in [5, 5.41) is 0. The molecule has 0 unspecified atom stereocenters. The Balaban J connectivity index is 2.85. The van der Waals surface area contributed by atoms with Crippen LogP contribution >= 0.6 is 0 Å². The summed E-state index contributed by atoms with van der Waals surface area (Å²) < 4.78 is 0. The number of nitrogens with zero attached hydrogens (tertiary/aromatic N) is 1. The fourth-order valence-corrected chi connectivity index (χ4v) is 1.30. The molecule has 0 aliphatic heterocycles. The van der Waals surface area contributed by atoms with Gasteiger partial charge in [-0.3, -0.25) is 4.79 Å². The van der Waals surface area contributed by atoms with Crippen LogP contribution in [0.25, 0.3) is 0 Å². The van der Waals surface area contributed by atoms with Gasteiger partial charge in [0, 0.05) is 18.7 Å². The van der Waals surface area contributed by atoms with E-state index in [1.807, 2.05) is 44.2 Å². The van der Waals surface area contributed by atoms with Crippen LogP contribution in [0.1, 0.15) is 20.3 Å². The first kappa shape index (κ1) is 9.78. The molecule has 0 aromatic heterocycles. The first-order valence-electron chi connectivity index (χ1n) is 4.65. The van der Waals surface area contributed by atoms with Crippen molar-refractivity contribution in [1.82, 2.24) is 0 Å². The van der Waals surface area contributed by atoms with Crippen LogP contribution in [0.3, 0.4) is 0 Å². The summed E-state index contributed by atoms with van der Waals surface area (Å²) in [6.45, 7) is 4.60. The molecular weight excluding hydrogens is 162 g/mol. The van der Waals surface area contributed by atoms with Gasteiger partial charge in [0.2, 0.25) is 5.91 Å². The molecule has 1 aromatic rings. The van der Waals surface area contributed by atoms with E-state index >= 15 is 0 Å². The molecule has 0 atom stereocenters. The van der Waals surface area contributed by atoms with Gasteiger partial charge in [0.1, 0.15) is 0 Å². The Kier molecular flexibility index (Phi) is 3.50. The smallest absolute Gasteiger partial charge is 0.226 e. The molecule has 1 aromatic carbocycles. The van der Waals surface area contributed by atoms with E-state index in [4.69, 9.17) is 0 Å². The summed E-state index contributed by atoms with van der Waals surface area (Å²) in [6, 6.07) is 9.75. The van der Waals surface area contributed by atoms with Crippen LogP contribution in [0.15, 0.2) is 30.3 Å². The fourth-order valence-electron chi connectivity index (χ4n) is 1.30. The van der Waals surface area contributed by atoms with Gasteiger partial charge in [0.25, 0.3) is 0 Å². The quantitative estimate of drug-likeness (QED) is 0.694. The number of carbonyl (C=O) groups is 1. The maximum Gasteiger partial charge on any atom is 0.226 e. The van der Waals surface area contributed by atoms with Gasteiger partial charge < -0.3 is 4.90 Å². The van der Waals surface area contributed by atoms with E-state index in [0.29, 0.717) is 6.42 Å². The van der Waals surface area contributed by atoms with Crippen molar-refractivity contribution in [1.29, 1.82) is 0 Å². The third kappa shape index (κ3) is 2.31. The average Bonchev–Trinajstić information content (AvgIpc) is 2.20. The largest absolute Gasteiger partial charge is 0.313 e. The van der Waals surface area contributed by atoms with Gasteiger partial charge in [-0.2, -0.15) is 0 Å². The van der Waals surface area contributed by atoms with Crippen molar-refractivity contribution in [2.45, 2.75) is 20.3 Å². The normalized spacial score (nSPS) is 9.69. The third-order valence-corrected chi connectivity index (χ3v) is 1.99. The number of para-hydroxylation sites is 1. The summed E-state index contributed by atoms with van der Waals surface area (Å²) in [5.74, 6) is 0.175. The van der Waals surface area contributed by atoms with E-state index in [9.17, 15) is 4.79 Å². The Bertz CT molecular complexity index is 269. The second-order valence-corrected chi connectivity index (χ2v) is 2.83. The number of carbonyl (C=O) groups excluding carboxylic acids is 1. The lowest BCUT2D eigenvalue weighted by Gasteiger charge is -2.19. The SMILES string of the molecule is CCC(=O)N(CC)c1ccccc1. The molecule has 0 saturated carbocycles. The summed E-state index contributed by atoms with van der Waals surface area (Å²) in [4.78, 5) is 13.3. The molecule has 13 heavy (non-hydrogen) atoms. The van der Waals surface area contributed by atoms with E-state index < -0.39 is 0 Å². The van der Waals surface area contributed by atoms with Gasteiger partial charge in [0.05, 0.1) is 0 Å². The van der Waals surface area contributed by atoms with E-state index in [2.05, 4.69) is 0 Å². The number of hydrogen-bond donors (Lipinski definition) is 0. The minimum atomic E-state index is 0.175. The lowest BCUT2D eigenvalue weighted by atomic mass is 10.2. The van der Waals surface area contributed by atoms with Gasteiger partial charge >= 0.3 is 0 Å². The Morgan fingerprint density at radius 2 is 1.85 bits per heavy atom. The van der Waals surface area contributed by atoms with Gasteiger partial charge in [-0.05, 0) is 19.1 Å². The predicted molar refractivity (Wildman–Crippen MR) is 54.8 cm³/mol. The first-order chi connectivity index (χ1) is 6.29. The molecular formula is C11H15NO. The lowest BCUT2D eigenvalue weighted by molar-refractivity contribution is -0.118. The molecule has 2 nitrogen and oxygen atoms in total. The molecule has 70 valence electrons. The summed E-state index contributed by atoms with van der Waals surface area (Å²) in [7, 11) is 0. The molecule has 0 N–H and O–H groups in total. The molecule has 0 radical (unpaired) electrons. The maximum absolute atomic E-state index is 11.5. The number of anilines is 1. The first-order valence-corrected chi connectivity index (χ1v) is 4.65. The molecule has 1 rings (SSSR count). The second kappa shape index (κ2) is 4.65. The molecule has 0 bridgehead atoms. The zero-order valence-corrected chi connectivity index (χ0v) is 8.16. The summed E-state index contributed by atoms with van der Waals surface area (Å²) in [5.41, 5.74) is 0.983. The number of hydrogen-bond acceptors (Lipinski definition) is 1. The van der Waals surface area contributed by atoms with E-state index in [1.54, 1.807) is 4.90 Å². The molecule has 0 aliphatic carbocycles. The number of benzene rings is 1. The molecule has 1 amide bonds. The van der Waals surface area contributed by atoms with E-state index in [0.717, 1.165) is 12.2 Å². The van der Waals surface area contributed by atoms with Crippen LogP contribution < -0.4 is 4.90 Å². The van der Waals surface area contributed by atoms with Crippen LogP contribution in [-0.2, 0) is 4.79 Å². The van der Waals surface area contributed by atoms with Crippen LogP contribution in [0.2, 0.25) is 0 Å². The van der Waals surface area contributed by atoms with E-state index in [1.165, 1.54) is 0 Å². The molecule has 0 fully saturated rings. The van der Waals surface area contributed by atoms with Crippen LogP contribution in [0.4, 0.5) is 5.69 Å². The highest BCUT2D eigenvalue weighted by Crippen LogP contribution is 2.13. The zero-order valence-electron chi connectivity index (χ0n) is 8.16. The minimum absolute atomic E-state index is 0.175. The fraction of sp³-hybridized carbons (Fsp3) is 0.364. The zero-order chi connectivity index (χ0) is 9.68. The number of amides is 1. The van der Waals surface area contributed by atoms with Crippen LogP contribution in [0, 0.1) is 0 Å². The predicted octanol–water partition coefficient (Wildman–Crippen LogP) is 2.45. The molecule has 0 spiro atoms. The van der Waals surface area contributed by atoms with Crippen molar-refractivity contribution >= 4 is 11.6 Å². The Morgan fingerprint density at radius 3 is 2.31 bits per heavy atom. The van der Waals surface area contributed by atoms with Crippen molar-refractivity contribution in [2.75, 3.05) is 11.4 Å². The minimum Gasteiger partial charge on any atom is -0.313 e. The van der Waals surface area contributed by atoms with Crippen molar-refractivity contribution in [3.05, 3.63) is 30.3 Å². The highest BCUT2D eigenvalue weighted by Gasteiger charge is 2.09. The van der Waals surface area contributed by atoms with Crippen molar-refractivity contribution in [2.24, 2.45) is 0 Å². The topological polar surface area (TPSA) is 20.3 Å². The number of rotatable bonds is 3. The van der Waals surface area contributed by atoms with Crippen molar-refractivity contribution in [3.8, 4) is 0 Å². The third-order valence-electron chi connectivity index (χ3n) is 1.99. The molecule has 0 aliphatic rings. The highest BCUT2D eigenvalue weighted by atomic mass is 16.2. The molecule has 0 saturated heterocycles. The lowest BCUT2D eigenvalue weighted by Crippen LogP contribution is -2.29. The summed E-state index contributed by atoms with van der Waals surface area (Å²) >= 11 is 0. The highest BCUT2D eigenvalue weighted by molar-refractivity contribution is 5.92.